The number of rotatable bonds is 5. The molecule has 0 radical (unpaired) electrons. The second kappa shape index (κ2) is 6.37. The summed E-state index contributed by atoms with van der Waals surface area (Å²) in [6, 6.07) is 5.10. The summed E-state index contributed by atoms with van der Waals surface area (Å²) in [6.07, 6.45) is -1.02. The summed E-state index contributed by atoms with van der Waals surface area (Å²) in [7, 11) is 0. The van der Waals surface area contributed by atoms with Crippen molar-refractivity contribution in [2.75, 3.05) is 11.9 Å². The third kappa shape index (κ3) is 4.35. The van der Waals surface area contributed by atoms with Gasteiger partial charge in [0, 0.05) is 10.7 Å². The van der Waals surface area contributed by atoms with Crippen LogP contribution in [0.1, 0.15) is 12.5 Å². The highest BCUT2D eigenvalue weighted by molar-refractivity contribution is 6.31. The Balaban J connectivity index is 2.49. The summed E-state index contributed by atoms with van der Waals surface area (Å²) in [5.41, 5.74) is 1.45. The molecule has 0 heterocycles. The van der Waals surface area contributed by atoms with Crippen molar-refractivity contribution in [1.29, 1.82) is 0 Å². The molecule has 5 nitrogen and oxygen atoms in total. The van der Waals surface area contributed by atoms with E-state index >= 15 is 0 Å². The van der Waals surface area contributed by atoms with Gasteiger partial charge in [0.1, 0.15) is 6.61 Å². The maximum Gasteiger partial charge on any atom is 0.332 e. The Hall–Kier alpha value is -1.59. The van der Waals surface area contributed by atoms with E-state index in [1.165, 1.54) is 6.92 Å². The molecule has 0 fully saturated rings. The highest BCUT2D eigenvalue weighted by atomic mass is 35.5. The monoisotopic (exact) mass is 271 g/mol. The molecule has 18 heavy (non-hydrogen) atoms. The largest absolute Gasteiger partial charge is 0.479 e. The summed E-state index contributed by atoms with van der Waals surface area (Å²) < 4.78 is 4.85. The third-order valence-corrected chi connectivity index (χ3v) is 2.67. The molecule has 1 amide bonds. The van der Waals surface area contributed by atoms with Gasteiger partial charge < -0.3 is 15.2 Å². The molecule has 0 aromatic heterocycles. The van der Waals surface area contributed by atoms with Gasteiger partial charge in [-0.05, 0) is 31.5 Å². The third-order valence-electron chi connectivity index (χ3n) is 2.27. The van der Waals surface area contributed by atoms with Crippen LogP contribution in [0.5, 0.6) is 0 Å². The van der Waals surface area contributed by atoms with E-state index in [1.807, 2.05) is 6.92 Å². The number of amides is 1. The summed E-state index contributed by atoms with van der Waals surface area (Å²) in [5, 5.41) is 11.7. The number of anilines is 1. The lowest BCUT2D eigenvalue weighted by atomic mass is 10.2. The maximum atomic E-state index is 11.5. The van der Waals surface area contributed by atoms with Crippen molar-refractivity contribution in [3.8, 4) is 0 Å². The Bertz CT molecular complexity index is 461. The highest BCUT2D eigenvalue weighted by Gasteiger charge is 2.13. The van der Waals surface area contributed by atoms with E-state index in [-0.39, 0.29) is 6.61 Å². The van der Waals surface area contributed by atoms with Crippen LogP contribution in [0.15, 0.2) is 18.2 Å². The van der Waals surface area contributed by atoms with Crippen molar-refractivity contribution in [2.45, 2.75) is 20.0 Å². The second-order valence-corrected chi connectivity index (χ2v) is 4.21. The highest BCUT2D eigenvalue weighted by Crippen LogP contribution is 2.19. The van der Waals surface area contributed by atoms with E-state index < -0.39 is 18.0 Å². The van der Waals surface area contributed by atoms with E-state index in [1.54, 1.807) is 18.2 Å². The lowest BCUT2D eigenvalue weighted by molar-refractivity contribution is -0.150. The minimum Gasteiger partial charge on any atom is -0.479 e. The van der Waals surface area contributed by atoms with Crippen LogP contribution in [0.25, 0.3) is 0 Å². The van der Waals surface area contributed by atoms with Gasteiger partial charge in [-0.3, -0.25) is 4.79 Å². The molecule has 0 saturated heterocycles. The number of nitrogens with one attached hydrogen (secondary N) is 1. The van der Waals surface area contributed by atoms with Gasteiger partial charge in [-0.25, -0.2) is 4.79 Å². The molecule has 0 aliphatic heterocycles. The topological polar surface area (TPSA) is 75.6 Å². The Morgan fingerprint density at radius 3 is 2.72 bits per heavy atom. The summed E-state index contributed by atoms with van der Waals surface area (Å²) in [5.74, 6) is -1.54. The first-order valence-electron chi connectivity index (χ1n) is 5.30. The van der Waals surface area contributed by atoms with E-state index in [2.05, 4.69) is 5.32 Å². The molecule has 98 valence electrons. The molecule has 0 bridgehead atoms. The van der Waals surface area contributed by atoms with Gasteiger partial charge in [-0.2, -0.15) is 0 Å². The van der Waals surface area contributed by atoms with Crippen molar-refractivity contribution in [2.24, 2.45) is 0 Å². The molecule has 1 aromatic rings. The molecule has 0 aliphatic carbocycles. The Labute approximate surface area is 110 Å². The van der Waals surface area contributed by atoms with E-state index in [0.29, 0.717) is 10.7 Å². The predicted octanol–water partition coefficient (Wildman–Crippen LogP) is 2.08. The number of hydrogen-bond acceptors (Lipinski definition) is 3. The Kier molecular flexibility index (Phi) is 5.12. The minimum absolute atomic E-state index is 0.320. The van der Waals surface area contributed by atoms with Crippen LogP contribution in [-0.2, 0) is 14.3 Å². The van der Waals surface area contributed by atoms with Crippen molar-refractivity contribution >= 4 is 29.2 Å². The first kappa shape index (κ1) is 14.5. The first-order chi connectivity index (χ1) is 8.40. The zero-order valence-corrected chi connectivity index (χ0v) is 10.8. The summed E-state index contributed by atoms with van der Waals surface area (Å²) in [6.45, 7) is 2.89. The minimum atomic E-state index is -1.11. The molecule has 1 unspecified atom stereocenters. The van der Waals surface area contributed by atoms with E-state index in [0.717, 1.165) is 5.56 Å². The first-order valence-corrected chi connectivity index (χ1v) is 5.68. The molecule has 2 N–H and O–H groups in total. The average Bonchev–Trinajstić information content (AvgIpc) is 2.30. The second-order valence-electron chi connectivity index (χ2n) is 3.80. The van der Waals surface area contributed by atoms with Gasteiger partial charge in [-0.15, -0.1) is 0 Å². The standard InChI is InChI=1S/C12H14ClNO4/c1-7-3-4-9(5-10(7)13)14-11(15)6-18-8(2)12(16)17/h3-5,8H,6H2,1-2H3,(H,14,15)(H,16,17). The maximum absolute atomic E-state index is 11.5. The number of carbonyl (C=O) groups is 2. The number of ether oxygens (including phenoxy) is 1. The van der Waals surface area contributed by atoms with Crippen molar-refractivity contribution < 1.29 is 19.4 Å². The normalized spacial score (nSPS) is 11.9. The quantitative estimate of drug-likeness (QED) is 0.860. The van der Waals surface area contributed by atoms with Crippen LogP contribution in [0, 0.1) is 6.92 Å². The van der Waals surface area contributed by atoms with Gasteiger partial charge in [0.2, 0.25) is 5.91 Å². The van der Waals surface area contributed by atoms with Gasteiger partial charge >= 0.3 is 5.97 Å². The van der Waals surface area contributed by atoms with E-state index in [9.17, 15) is 9.59 Å². The molecule has 0 aliphatic rings. The molecule has 1 rings (SSSR count). The molecule has 6 heteroatoms. The van der Waals surface area contributed by atoms with Gasteiger partial charge in [-0.1, -0.05) is 17.7 Å². The molecule has 0 saturated carbocycles. The zero-order valence-electron chi connectivity index (χ0n) is 10.1. The van der Waals surface area contributed by atoms with Gasteiger partial charge in [0.25, 0.3) is 0 Å². The number of benzene rings is 1. The average molecular weight is 272 g/mol. The predicted molar refractivity (Wildman–Crippen MR) is 67.9 cm³/mol. The van der Waals surface area contributed by atoms with Crippen LogP contribution in [0.2, 0.25) is 5.02 Å². The SMILES string of the molecule is Cc1ccc(NC(=O)COC(C)C(=O)O)cc1Cl. The van der Waals surface area contributed by atoms with Crippen LogP contribution in [-0.4, -0.2) is 29.7 Å². The molecule has 1 atom stereocenters. The van der Waals surface area contributed by atoms with Crippen LogP contribution in [0.3, 0.4) is 0 Å². The number of halogens is 1. The zero-order chi connectivity index (χ0) is 13.7. The Morgan fingerprint density at radius 1 is 1.50 bits per heavy atom. The number of aliphatic carboxylic acids is 1. The van der Waals surface area contributed by atoms with Crippen molar-refractivity contribution in [3.05, 3.63) is 28.8 Å². The fourth-order valence-electron chi connectivity index (χ4n) is 1.14. The van der Waals surface area contributed by atoms with E-state index in [4.69, 9.17) is 21.4 Å². The van der Waals surface area contributed by atoms with Gasteiger partial charge in [0.05, 0.1) is 0 Å². The smallest absolute Gasteiger partial charge is 0.332 e. The fraction of sp³-hybridized carbons (Fsp3) is 0.333. The number of hydrogen-bond donors (Lipinski definition) is 2. The van der Waals surface area contributed by atoms with Crippen LogP contribution < -0.4 is 5.32 Å². The number of carbonyl (C=O) groups excluding carboxylic acids is 1. The fourth-order valence-corrected chi connectivity index (χ4v) is 1.32. The molecule has 1 aromatic carbocycles. The van der Waals surface area contributed by atoms with Crippen molar-refractivity contribution in [1.82, 2.24) is 0 Å². The molecular formula is C12H14ClNO4. The van der Waals surface area contributed by atoms with Crippen molar-refractivity contribution in [3.63, 3.8) is 0 Å². The Morgan fingerprint density at radius 2 is 2.17 bits per heavy atom. The number of carboxylic acid groups (broad SMARTS) is 1. The number of aryl methyl sites for hydroxylation is 1. The lowest BCUT2D eigenvalue weighted by Crippen LogP contribution is -2.26. The van der Waals surface area contributed by atoms with Crippen LogP contribution >= 0.6 is 11.6 Å². The summed E-state index contributed by atoms with van der Waals surface area (Å²) in [4.78, 5) is 21.9. The molecule has 0 spiro atoms. The van der Waals surface area contributed by atoms with Gasteiger partial charge in [0.15, 0.2) is 6.10 Å². The molecular weight excluding hydrogens is 258 g/mol. The number of carboxylic acids is 1. The lowest BCUT2D eigenvalue weighted by Gasteiger charge is -2.09. The van der Waals surface area contributed by atoms with Crippen LogP contribution in [0.4, 0.5) is 5.69 Å². The summed E-state index contributed by atoms with van der Waals surface area (Å²) >= 11 is 5.91.